The van der Waals surface area contributed by atoms with Crippen LogP contribution in [-0.2, 0) is 10.2 Å². The molecular weight excluding hydrogens is 616 g/mol. The average Bonchev–Trinajstić information content (AvgIpc) is 3.34. The fraction of sp³-hybridized carbons (Fsp3) is 0.171. The first kappa shape index (κ1) is 34.3. The summed E-state index contributed by atoms with van der Waals surface area (Å²) < 4.78 is 12.2. The van der Waals surface area contributed by atoms with Crippen molar-refractivity contribution in [3.05, 3.63) is 148 Å². The second-order valence-electron chi connectivity index (χ2n) is 12.5. The number of aryl methyl sites for hydroxylation is 2. The molecule has 248 valence electrons. The Hall–Kier alpha value is -6.02. The van der Waals surface area contributed by atoms with Gasteiger partial charge in [-0.3, -0.25) is 14.4 Å². The van der Waals surface area contributed by atoms with Gasteiger partial charge < -0.3 is 19.2 Å². The molecule has 8 nitrogen and oxygen atoms in total. The first-order chi connectivity index (χ1) is 23.4. The van der Waals surface area contributed by atoms with Crippen molar-refractivity contribution < 1.29 is 28.7 Å². The largest absolute Gasteiger partial charge is 0.457 e. The van der Waals surface area contributed by atoms with Gasteiger partial charge in [0.25, 0.3) is 17.7 Å². The second kappa shape index (κ2) is 14.0. The van der Waals surface area contributed by atoms with E-state index < -0.39 is 0 Å². The van der Waals surface area contributed by atoms with Crippen molar-refractivity contribution in [3.63, 3.8) is 0 Å². The van der Waals surface area contributed by atoms with Gasteiger partial charge in [-0.15, -0.1) is 0 Å². The fourth-order valence-corrected chi connectivity index (χ4v) is 5.71. The quantitative estimate of drug-likeness (QED) is 0.156. The lowest BCUT2D eigenvalue weighted by Gasteiger charge is -2.26. The Morgan fingerprint density at radius 3 is 1.61 bits per heavy atom. The standard InChI is InChI=1S/C40H36N2O5.CH2O/c1-25-7-13-29(14-8-25)42-38(44)35-22-20-33(24-36(35)39(42)45)47-31-17-11-28(12-18-31)40(3,4)27-9-15-30(16-10-27)46-32-19-21-34(26(2)23-32)37(43)41(5)6;1-2/h7-24H,1-6H3;1H2. The molecule has 1 heterocycles. The van der Waals surface area contributed by atoms with E-state index in [9.17, 15) is 14.4 Å². The van der Waals surface area contributed by atoms with Gasteiger partial charge in [0.1, 0.15) is 29.8 Å². The van der Waals surface area contributed by atoms with Crippen molar-refractivity contribution in [3.8, 4) is 23.0 Å². The maximum atomic E-state index is 13.2. The Balaban J connectivity index is 0.00000230. The zero-order valence-electron chi connectivity index (χ0n) is 28.4. The first-order valence-corrected chi connectivity index (χ1v) is 15.7. The molecule has 1 aliphatic rings. The van der Waals surface area contributed by atoms with Crippen LogP contribution >= 0.6 is 0 Å². The summed E-state index contributed by atoms with van der Waals surface area (Å²) >= 11 is 0. The molecule has 8 heteroatoms. The molecule has 0 unspecified atom stereocenters. The van der Waals surface area contributed by atoms with Gasteiger partial charge in [0.2, 0.25) is 0 Å². The Morgan fingerprint density at radius 2 is 1.10 bits per heavy atom. The molecule has 0 aromatic heterocycles. The molecule has 6 rings (SSSR count). The molecule has 0 aliphatic carbocycles. The summed E-state index contributed by atoms with van der Waals surface area (Å²) in [5.41, 5.74) is 5.69. The van der Waals surface area contributed by atoms with Gasteiger partial charge in [0, 0.05) is 25.1 Å². The molecular formula is C41H38N2O6. The number of ether oxygens (including phenoxy) is 2. The Morgan fingerprint density at radius 1 is 0.633 bits per heavy atom. The van der Waals surface area contributed by atoms with Crippen LogP contribution in [-0.4, -0.2) is 43.5 Å². The number of benzene rings is 5. The summed E-state index contributed by atoms with van der Waals surface area (Å²) in [5, 5.41) is 0. The van der Waals surface area contributed by atoms with E-state index in [-0.39, 0.29) is 23.1 Å². The maximum Gasteiger partial charge on any atom is 0.266 e. The summed E-state index contributed by atoms with van der Waals surface area (Å²) in [6, 6.07) is 33.6. The van der Waals surface area contributed by atoms with Crippen LogP contribution in [0.3, 0.4) is 0 Å². The zero-order chi connectivity index (χ0) is 35.5. The van der Waals surface area contributed by atoms with Crippen molar-refractivity contribution in [2.45, 2.75) is 33.1 Å². The van der Waals surface area contributed by atoms with Crippen LogP contribution < -0.4 is 14.4 Å². The minimum absolute atomic E-state index is 0.0386. The van der Waals surface area contributed by atoms with E-state index in [4.69, 9.17) is 14.3 Å². The number of carbonyl (C=O) groups is 4. The Bertz CT molecular complexity index is 2010. The number of fused-ring (bicyclic) bond motifs is 1. The van der Waals surface area contributed by atoms with Gasteiger partial charge in [-0.25, -0.2) is 4.90 Å². The van der Waals surface area contributed by atoms with Gasteiger partial charge in [-0.1, -0.05) is 55.8 Å². The van der Waals surface area contributed by atoms with Crippen LogP contribution in [0.4, 0.5) is 5.69 Å². The number of nitrogens with zero attached hydrogens (tertiary/aromatic N) is 2. The van der Waals surface area contributed by atoms with E-state index in [1.165, 1.54) is 4.90 Å². The van der Waals surface area contributed by atoms with Crippen molar-refractivity contribution in [2.75, 3.05) is 19.0 Å². The third-order valence-electron chi connectivity index (χ3n) is 8.61. The lowest BCUT2D eigenvalue weighted by molar-refractivity contribution is -0.0980. The van der Waals surface area contributed by atoms with E-state index in [0.29, 0.717) is 45.4 Å². The Labute approximate surface area is 286 Å². The molecule has 5 aromatic carbocycles. The summed E-state index contributed by atoms with van der Waals surface area (Å²) in [6.45, 7) is 10.2. The lowest BCUT2D eigenvalue weighted by atomic mass is 9.78. The number of hydrogen-bond donors (Lipinski definition) is 0. The van der Waals surface area contributed by atoms with Gasteiger partial charge in [-0.05, 0) is 103 Å². The van der Waals surface area contributed by atoms with Gasteiger partial charge in [0.05, 0.1) is 16.8 Å². The summed E-state index contributed by atoms with van der Waals surface area (Å²) in [5.74, 6) is 1.73. The molecule has 0 saturated heterocycles. The molecule has 0 radical (unpaired) electrons. The van der Waals surface area contributed by atoms with E-state index >= 15 is 0 Å². The lowest BCUT2D eigenvalue weighted by Crippen LogP contribution is -2.29. The first-order valence-electron chi connectivity index (χ1n) is 15.7. The van der Waals surface area contributed by atoms with Gasteiger partial charge in [0.15, 0.2) is 0 Å². The monoisotopic (exact) mass is 654 g/mol. The zero-order valence-corrected chi connectivity index (χ0v) is 28.4. The highest BCUT2D eigenvalue weighted by Gasteiger charge is 2.37. The van der Waals surface area contributed by atoms with Gasteiger partial charge in [-0.2, -0.15) is 0 Å². The molecule has 3 amide bonds. The molecule has 1 aliphatic heterocycles. The second-order valence-corrected chi connectivity index (χ2v) is 12.5. The molecule has 0 N–H and O–H groups in total. The predicted molar refractivity (Wildman–Crippen MR) is 190 cm³/mol. The molecule has 0 spiro atoms. The summed E-state index contributed by atoms with van der Waals surface area (Å²) in [4.78, 5) is 49.3. The molecule has 49 heavy (non-hydrogen) atoms. The number of anilines is 1. The summed E-state index contributed by atoms with van der Waals surface area (Å²) in [7, 11) is 3.48. The van der Waals surface area contributed by atoms with Crippen LogP contribution in [0.2, 0.25) is 0 Å². The molecule has 0 saturated carbocycles. The van der Waals surface area contributed by atoms with Crippen LogP contribution in [0.15, 0.2) is 109 Å². The number of hydrogen-bond acceptors (Lipinski definition) is 6. The van der Waals surface area contributed by atoms with Crippen LogP contribution in [0.25, 0.3) is 0 Å². The predicted octanol–water partition coefficient (Wildman–Crippen LogP) is 8.53. The van der Waals surface area contributed by atoms with Crippen LogP contribution in [0.1, 0.15) is 67.2 Å². The molecule has 0 bridgehead atoms. The van der Waals surface area contributed by atoms with E-state index in [1.807, 2.05) is 81.3 Å². The van der Waals surface area contributed by atoms with Gasteiger partial charge >= 0.3 is 0 Å². The van der Waals surface area contributed by atoms with Crippen molar-refractivity contribution in [1.82, 2.24) is 4.90 Å². The minimum Gasteiger partial charge on any atom is -0.457 e. The highest BCUT2D eigenvalue weighted by atomic mass is 16.5. The molecule has 0 atom stereocenters. The Kier molecular flexibility index (Phi) is 9.80. The third-order valence-corrected chi connectivity index (χ3v) is 8.61. The number of carbonyl (C=O) groups excluding carboxylic acids is 4. The smallest absolute Gasteiger partial charge is 0.266 e. The SMILES string of the molecule is C=O.Cc1ccc(N2C(=O)c3ccc(Oc4ccc(C(C)(C)c5ccc(Oc6ccc(C(=O)N(C)C)c(C)c6)cc5)cc4)cc3C2=O)cc1. The van der Waals surface area contributed by atoms with E-state index in [2.05, 4.69) is 26.0 Å². The van der Waals surface area contributed by atoms with Crippen molar-refractivity contribution in [2.24, 2.45) is 0 Å². The molecule has 5 aromatic rings. The minimum atomic E-state index is -0.364. The van der Waals surface area contributed by atoms with E-state index in [1.54, 1.807) is 55.4 Å². The highest BCUT2D eigenvalue weighted by molar-refractivity contribution is 6.34. The average molecular weight is 655 g/mol. The summed E-state index contributed by atoms with van der Waals surface area (Å²) in [6.07, 6.45) is 0. The maximum absolute atomic E-state index is 13.2. The highest BCUT2D eigenvalue weighted by Crippen LogP contribution is 2.36. The van der Waals surface area contributed by atoms with Crippen molar-refractivity contribution >= 4 is 30.2 Å². The number of imide groups is 1. The molecule has 0 fully saturated rings. The van der Waals surface area contributed by atoms with Crippen LogP contribution in [0.5, 0.6) is 23.0 Å². The topological polar surface area (TPSA) is 93.2 Å². The normalized spacial score (nSPS) is 12.2. The number of rotatable bonds is 8. The van der Waals surface area contributed by atoms with E-state index in [0.717, 1.165) is 22.3 Å². The third kappa shape index (κ3) is 6.99. The number of amides is 3. The fourth-order valence-electron chi connectivity index (χ4n) is 5.71. The van der Waals surface area contributed by atoms with Crippen molar-refractivity contribution in [1.29, 1.82) is 0 Å². The van der Waals surface area contributed by atoms with Crippen LogP contribution in [0, 0.1) is 13.8 Å².